The third-order valence-electron chi connectivity index (χ3n) is 3.29. The normalized spacial score (nSPS) is 23.0. The van der Waals surface area contributed by atoms with Crippen LogP contribution in [0.4, 0.5) is 8.78 Å². The van der Waals surface area contributed by atoms with E-state index in [4.69, 9.17) is 14.2 Å². The van der Waals surface area contributed by atoms with Crippen LogP contribution in [0.5, 0.6) is 0 Å². The van der Waals surface area contributed by atoms with Crippen LogP contribution in [0.2, 0.25) is 0 Å². The monoisotopic (exact) mass is 298 g/mol. The molecule has 0 bridgehead atoms. The summed E-state index contributed by atoms with van der Waals surface area (Å²) in [7, 11) is 0. The standard InChI is InChI=1S/C16H20F2O3/c1-4-16(17,18)14(13-11-20-15(2,3)21-13)19-10-12-8-6-5-7-9-12/h4-9,13-14H,1,10-11H2,2-3H3/t13-,14?/m1/s1. The molecular weight excluding hydrogens is 278 g/mol. The molecule has 0 N–H and O–H groups in total. The quantitative estimate of drug-likeness (QED) is 0.752. The third-order valence-corrected chi connectivity index (χ3v) is 3.29. The fourth-order valence-electron chi connectivity index (χ4n) is 2.21. The number of halogens is 2. The molecule has 1 fully saturated rings. The van der Waals surface area contributed by atoms with Crippen molar-refractivity contribution in [1.82, 2.24) is 0 Å². The Morgan fingerprint density at radius 2 is 2.10 bits per heavy atom. The van der Waals surface area contributed by atoms with Gasteiger partial charge in [-0.15, -0.1) is 0 Å². The Morgan fingerprint density at radius 1 is 1.43 bits per heavy atom. The van der Waals surface area contributed by atoms with Gasteiger partial charge >= 0.3 is 0 Å². The summed E-state index contributed by atoms with van der Waals surface area (Å²) in [5.74, 6) is -4.07. The van der Waals surface area contributed by atoms with E-state index in [0.717, 1.165) is 5.56 Å². The van der Waals surface area contributed by atoms with Crippen molar-refractivity contribution in [2.75, 3.05) is 6.61 Å². The fraction of sp³-hybridized carbons (Fsp3) is 0.500. The Bertz CT molecular complexity index is 474. The Hall–Kier alpha value is -1.30. The Labute approximate surface area is 123 Å². The van der Waals surface area contributed by atoms with Crippen LogP contribution in [-0.2, 0) is 20.8 Å². The molecule has 0 radical (unpaired) electrons. The topological polar surface area (TPSA) is 27.7 Å². The van der Waals surface area contributed by atoms with E-state index in [9.17, 15) is 8.78 Å². The van der Waals surface area contributed by atoms with Gasteiger partial charge in [0.15, 0.2) is 11.9 Å². The predicted octanol–water partition coefficient (Wildman–Crippen LogP) is 3.54. The number of alkyl halides is 2. The minimum atomic E-state index is -3.19. The van der Waals surface area contributed by atoms with Crippen molar-refractivity contribution in [2.24, 2.45) is 0 Å². The van der Waals surface area contributed by atoms with Crippen LogP contribution < -0.4 is 0 Å². The van der Waals surface area contributed by atoms with Gasteiger partial charge in [-0.2, -0.15) is 8.78 Å². The molecule has 0 aromatic heterocycles. The van der Waals surface area contributed by atoms with Crippen LogP contribution in [0.15, 0.2) is 43.0 Å². The van der Waals surface area contributed by atoms with Gasteiger partial charge in [0.05, 0.1) is 13.2 Å². The summed E-state index contributed by atoms with van der Waals surface area (Å²) in [6, 6.07) is 9.16. The van der Waals surface area contributed by atoms with Gasteiger partial charge < -0.3 is 14.2 Å². The van der Waals surface area contributed by atoms with E-state index in [1.807, 2.05) is 30.3 Å². The van der Waals surface area contributed by atoms with Crippen LogP contribution >= 0.6 is 0 Å². The lowest BCUT2D eigenvalue weighted by Crippen LogP contribution is -2.45. The van der Waals surface area contributed by atoms with E-state index in [1.54, 1.807) is 13.8 Å². The molecule has 1 heterocycles. The van der Waals surface area contributed by atoms with Crippen molar-refractivity contribution < 1.29 is 23.0 Å². The van der Waals surface area contributed by atoms with E-state index in [0.29, 0.717) is 6.08 Å². The molecule has 0 amide bonds. The van der Waals surface area contributed by atoms with Gasteiger partial charge in [0, 0.05) is 0 Å². The Morgan fingerprint density at radius 3 is 2.62 bits per heavy atom. The molecule has 3 nitrogen and oxygen atoms in total. The first kappa shape index (κ1) is 16.1. The van der Waals surface area contributed by atoms with Crippen molar-refractivity contribution >= 4 is 0 Å². The number of hydrogen-bond acceptors (Lipinski definition) is 3. The SMILES string of the molecule is C=CC(F)(F)C(OCc1ccccc1)[C@H]1COC(C)(C)O1. The molecule has 21 heavy (non-hydrogen) atoms. The van der Waals surface area contributed by atoms with E-state index in [2.05, 4.69) is 6.58 Å². The van der Waals surface area contributed by atoms with Gasteiger partial charge in [-0.3, -0.25) is 0 Å². The third kappa shape index (κ3) is 4.09. The summed E-state index contributed by atoms with van der Waals surface area (Å²) < 4.78 is 44.4. The zero-order chi connectivity index (χ0) is 15.5. The lowest BCUT2D eigenvalue weighted by atomic mass is 10.1. The predicted molar refractivity (Wildman–Crippen MR) is 75.1 cm³/mol. The van der Waals surface area contributed by atoms with E-state index < -0.39 is 23.9 Å². The average Bonchev–Trinajstić information content (AvgIpc) is 2.80. The molecule has 1 saturated heterocycles. The first-order chi connectivity index (χ1) is 9.84. The highest BCUT2D eigenvalue weighted by molar-refractivity contribution is 5.13. The van der Waals surface area contributed by atoms with E-state index in [1.165, 1.54) is 0 Å². The minimum absolute atomic E-state index is 0.0654. The molecule has 1 unspecified atom stereocenters. The number of rotatable bonds is 6. The maximum Gasteiger partial charge on any atom is 0.294 e. The fourth-order valence-corrected chi connectivity index (χ4v) is 2.21. The summed E-state index contributed by atoms with van der Waals surface area (Å²) in [5, 5.41) is 0. The maximum absolute atomic E-state index is 14.0. The van der Waals surface area contributed by atoms with Gasteiger partial charge in [0.1, 0.15) is 6.10 Å². The van der Waals surface area contributed by atoms with E-state index >= 15 is 0 Å². The molecule has 116 valence electrons. The molecular formula is C16H20F2O3. The lowest BCUT2D eigenvalue weighted by molar-refractivity contribution is -0.193. The highest BCUT2D eigenvalue weighted by Crippen LogP contribution is 2.33. The Kier molecular flexibility index (Phi) is 4.76. The summed E-state index contributed by atoms with van der Waals surface area (Å²) in [5.41, 5.74) is 0.820. The number of hydrogen-bond donors (Lipinski definition) is 0. The van der Waals surface area contributed by atoms with Crippen LogP contribution in [0, 0.1) is 0 Å². The molecule has 2 atom stereocenters. The van der Waals surface area contributed by atoms with Crippen molar-refractivity contribution in [2.45, 2.75) is 44.4 Å². The second-order valence-corrected chi connectivity index (χ2v) is 5.46. The van der Waals surface area contributed by atoms with Gasteiger partial charge in [0.2, 0.25) is 0 Å². The highest BCUT2D eigenvalue weighted by atomic mass is 19.3. The summed E-state index contributed by atoms with van der Waals surface area (Å²) in [6.45, 7) is 6.71. The second kappa shape index (κ2) is 6.22. The molecule has 1 aliphatic rings. The molecule has 0 spiro atoms. The minimum Gasteiger partial charge on any atom is -0.364 e. The van der Waals surface area contributed by atoms with Crippen molar-refractivity contribution in [3.05, 3.63) is 48.6 Å². The summed E-state index contributed by atoms with van der Waals surface area (Å²) in [6.07, 6.45) is -1.68. The van der Waals surface area contributed by atoms with Crippen molar-refractivity contribution in [1.29, 1.82) is 0 Å². The average molecular weight is 298 g/mol. The first-order valence-electron chi connectivity index (χ1n) is 6.83. The summed E-state index contributed by atoms with van der Waals surface area (Å²) in [4.78, 5) is 0. The zero-order valence-electron chi connectivity index (χ0n) is 12.2. The number of ether oxygens (including phenoxy) is 3. The molecule has 0 aliphatic carbocycles. The zero-order valence-corrected chi connectivity index (χ0v) is 12.2. The van der Waals surface area contributed by atoms with Crippen LogP contribution in [0.25, 0.3) is 0 Å². The van der Waals surface area contributed by atoms with Crippen molar-refractivity contribution in [3.63, 3.8) is 0 Å². The highest BCUT2D eigenvalue weighted by Gasteiger charge is 2.48. The molecule has 1 aromatic rings. The smallest absolute Gasteiger partial charge is 0.294 e. The lowest BCUT2D eigenvalue weighted by Gasteiger charge is -2.29. The van der Waals surface area contributed by atoms with Gasteiger partial charge in [0.25, 0.3) is 5.92 Å². The van der Waals surface area contributed by atoms with Gasteiger partial charge in [-0.1, -0.05) is 36.9 Å². The molecule has 0 saturated carbocycles. The van der Waals surface area contributed by atoms with E-state index in [-0.39, 0.29) is 13.2 Å². The van der Waals surface area contributed by atoms with Gasteiger partial charge in [-0.25, -0.2) is 0 Å². The van der Waals surface area contributed by atoms with Crippen LogP contribution in [0.3, 0.4) is 0 Å². The Balaban J connectivity index is 2.08. The molecule has 5 heteroatoms. The number of benzene rings is 1. The largest absolute Gasteiger partial charge is 0.364 e. The molecule has 2 rings (SSSR count). The van der Waals surface area contributed by atoms with Crippen LogP contribution in [-0.4, -0.2) is 30.5 Å². The maximum atomic E-state index is 14.0. The first-order valence-corrected chi connectivity index (χ1v) is 6.83. The summed E-state index contributed by atoms with van der Waals surface area (Å²) >= 11 is 0. The van der Waals surface area contributed by atoms with Crippen LogP contribution in [0.1, 0.15) is 19.4 Å². The van der Waals surface area contributed by atoms with Crippen molar-refractivity contribution in [3.8, 4) is 0 Å². The molecule has 1 aromatic carbocycles. The molecule has 1 aliphatic heterocycles. The second-order valence-electron chi connectivity index (χ2n) is 5.46. The van der Waals surface area contributed by atoms with Gasteiger partial charge in [-0.05, 0) is 25.5 Å².